The van der Waals surface area contributed by atoms with Gasteiger partial charge in [-0.1, -0.05) is 18.2 Å². The third kappa shape index (κ3) is 4.66. The number of nitrogens with zero attached hydrogens (tertiary/aromatic N) is 5. The summed E-state index contributed by atoms with van der Waals surface area (Å²) in [5, 5.41) is 2.76. The molecule has 1 amide bonds. The van der Waals surface area contributed by atoms with Gasteiger partial charge in [0.25, 0.3) is 0 Å². The second kappa shape index (κ2) is 8.64. The van der Waals surface area contributed by atoms with Crippen molar-refractivity contribution in [3.05, 3.63) is 72.4 Å². The molecule has 29 heavy (non-hydrogen) atoms. The highest BCUT2D eigenvalue weighted by atomic mass is 19.1. The van der Waals surface area contributed by atoms with E-state index >= 15 is 0 Å². The van der Waals surface area contributed by atoms with Crippen LogP contribution in [0.5, 0.6) is 0 Å². The second-order valence-electron chi connectivity index (χ2n) is 6.74. The Balaban J connectivity index is 1.31. The minimum atomic E-state index is -0.379. The van der Waals surface area contributed by atoms with Crippen LogP contribution in [0.4, 0.5) is 21.8 Å². The lowest BCUT2D eigenvalue weighted by Crippen LogP contribution is -2.47. The molecule has 0 atom stereocenters. The van der Waals surface area contributed by atoms with E-state index in [-0.39, 0.29) is 18.1 Å². The number of amides is 1. The molecule has 3 heterocycles. The van der Waals surface area contributed by atoms with E-state index in [0.717, 1.165) is 37.9 Å². The number of piperazine rings is 1. The number of halogens is 1. The number of hydrogen-bond acceptors (Lipinski definition) is 6. The Labute approximate surface area is 168 Å². The summed E-state index contributed by atoms with van der Waals surface area (Å²) in [6.07, 6.45) is 5.10. The van der Waals surface area contributed by atoms with Crippen LogP contribution in [0.2, 0.25) is 0 Å². The first-order valence-electron chi connectivity index (χ1n) is 9.45. The van der Waals surface area contributed by atoms with Crippen LogP contribution in [0.25, 0.3) is 0 Å². The zero-order chi connectivity index (χ0) is 20.1. The largest absolute Gasteiger partial charge is 0.353 e. The van der Waals surface area contributed by atoms with Gasteiger partial charge in [-0.15, -0.1) is 0 Å². The van der Waals surface area contributed by atoms with E-state index in [0.29, 0.717) is 11.3 Å². The van der Waals surface area contributed by atoms with Crippen molar-refractivity contribution < 1.29 is 9.18 Å². The molecule has 2 aromatic heterocycles. The fourth-order valence-corrected chi connectivity index (χ4v) is 3.26. The Morgan fingerprint density at radius 3 is 2.34 bits per heavy atom. The third-order valence-corrected chi connectivity index (χ3v) is 4.78. The first kappa shape index (κ1) is 18.8. The number of rotatable bonds is 5. The van der Waals surface area contributed by atoms with Crippen LogP contribution in [0.15, 0.2) is 61.1 Å². The van der Waals surface area contributed by atoms with Crippen molar-refractivity contribution in [2.24, 2.45) is 0 Å². The van der Waals surface area contributed by atoms with Gasteiger partial charge < -0.3 is 15.1 Å². The summed E-state index contributed by atoms with van der Waals surface area (Å²) in [6.45, 7) is 3.24. The summed E-state index contributed by atoms with van der Waals surface area (Å²) in [6, 6.07) is 11.8. The number of anilines is 3. The summed E-state index contributed by atoms with van der Waals surface area (Å²) in [4.78, 5) is 29.5. The quantitative estimate of drug-likeness (QED) is 0.719. The molecule has 1 saturated heterocycles. The predicted molar refractivity (Wildman–Crippen MR) is 109 cm³/mol. The standard InChI is InChI=1S/C21H21FN6O/c22-18-5-2-1-4-16(18)14-20(29)26-17-6-7-19(25-15-17)27-10-12-28(13-11-27)21-23-8-3-9-24-21/h1-9,15H,10-14H2,(H,26,29). The van der Waals surface area contributed by atoms with Crippen molar-refractivity contribution in [3.8, 4) is 0 Å². The molecule has 1 aromatic carbocycles. The average Bonchev–Trinajstić information content (AvgIpc) is 2.77. The summed E-state index contributed by atoms with van der Waals surface area (Å²) in [5.74, 6) is 0.941. The number of pyridine rings is 1. The van der Waals surface area contributed by atoms with Crippen molar-refractivity contribution in [2.45, 2.75) is 6.42 Å². The number of carbonyl (C=O) groups is 1. The molecule has 148 valence electrons. The molecule has 0 bridgehead atoms. The van der Waals surface area contributed by atoms with Crippen molar-refractivity contribution in [1.29, 1.82) is 0 Å². The van der Waals surface area contributed by atoms with Crippen LogP contribution in [0.1, 0.15) is 5.56 Å². The maximum atomic E-state index is 13.7. The molecule has 3 aromatic rings. The maximum absolute atomic E-state index is 13.7. The molecular formula is C21H21FN6O. The highest BCUT2D eigenvalue weighted by Crippen LogP contribution is 2.18. The first-order chi connectivity index (χ1) is 14.2. The van der Waals surface area contributed by atoms with E-state index in [9.17, 15) is 9.18 Å². The van der Waals surface area contributed by atoms with Gasteiger partial charge in [0.05, 0.1) is 18.3 Å². The van der Waals surface area contributed by atoms with E-state index in [2.05, 4.69) is 30.1 Å². The van der Waals surface area contributed by atoms with E-state index in [1.165, 1.54) is 6.07 Å². The van der Waals surface area contributed by atoms with Crippen LogP contribution in [-0.4, -0.2) is 47.0 Å². The SMILES string of the molecule is O=C(Cc1ccccc1F)Nc1ccc(N2CCN(c3ncccn3)CC2)nc1. The van der Waals surface area contributed by atoms with Gasteiger partial charge in [-0.2, -0.15) is 0 Å². The smallest absolute Gasteiger partial charge is 0.228 e. The minimum absolute atomic E-state index is 0.0159. The minimum Gasteiger partial charge on any atom is -0.353 e. The molecule has 1 aliphatic rings. The highest BCUT2D eigenvalue weighted by molar-refractivity contribution is 5.92. The fraction of sp³-hybridized carbons (Fsp3) is 0.238. The Hall–Kier alpha value is -3.55. The number of nitrogens with one attached hydrogen (secondary N) is 1. The van der Waals surface area contributed by atoms with Crippen LogP contribution >= 0.6 is 0 Å². The lowest BCUT2D eigenvalue weighted by atomic mass is 10.1. The van der Waals surface area contributed by atoms with Crippen LogP contribution in [-0.2, 0) is 11.2 Å². The fourth-order valence-electron chi connectivity index (χ4n) is 3.26. The average molecular weight is 392 g/mol. The molecule has 8 heteroatoms. The molecule has 0 unspecified atom stereocenters. The normalized spacial score (nSPS) is 14.0. The van der Waals surface area contributed by atoms with Crippen LogP contribution in [0.3, 0.4) is 0 Å². The van der Waals surface area contributed by atoms with E-state index in [1.54, 1.807) is 42.9 Å². The summed E-state index contributed by atoms with van der Waals surface area (Å²) in [5.41, 5.74) is 0.959. The lowest BCUT2D eigenvalue weighted by molar-refractivity contribution is -0.115. The third-order valence-electron chi connectivity index (χ3n) is 4.78. The molecule has 0 radical (unpaired) electrons. The highest BCUT2D eigenvalue weighted by Gasteiger charge is 2.19. The van der Waals surface area contributed by atoms with Crippen molar-refractivity contribution in [2.75, 3.05) is 41.3 Å². The Bertz CT molecular complexity index is 958. The summed E-state index contributed by atoms with van der Waals surface area (Å²) < 4.78 is 13.7. The van der Waals surface area contributed by atoms with Gasteiger partial charge in [0.2, 0.25) is 11.9 Å². The molecule has 1 aliphatic heterocycles. The van der Waals surface area contributed by atoms with Crippen LogP contribution in [0, 0.1) is 5.82 Å². The molecule has 0 aliphatic carbocycles. The van der Waals surface area contributed by atoms with E-state index < -0.39 is 0 Å². The Morgan fingerprint density at radius 1 is 0.931 bits per heavy atom. The van der Waals surface area contributed by atoms with Gasteiger partial charge in [0.15, 0.2) is 0 Å². The molecule has 0 spiro atoms. The second-order valence-corrected chi connectivity index (χ2v) is 6.74. The van der Waals surface area contributed by atoms with Gasteiger partial charge in [-0.25, -0.2) is 19.3 Å². The number of hydrogen-bond donors (Lipinski definition) is 1. The number of aromatic nitrogens is 3. The molecule has 4 rings (SSSR count). The Kier molecular flexibility index (Phi) is 5.60. The van der Waals surface area contributed by atoms with Gasteiger partial charge in [0, 0.05) is 38.6 Å². The molecule has 1 N–H and O–H groups in total. The molecule has 1 fully saturated rings. The van der Waals surface area contributed by atoms with E-state index in [4.69, 9.17) is 0 Å². The van der Waals surface area contributed by atoms with Gasteiger partial charge in [-0.3, -0.25) is 4.79 Å². The topological polar surface area (TPSA) is 74.2 Å². The lowest BCUT2D eigenvalue weighted by Gasteiger charge is -2.35. The molecular weight excluding hydrogens is 371 g/mol. The Morgan fingerprint density at radius 2 is 1.66 bits per heavy atom. The zero-order valence-electron chi connectivity index (χ0n) is 15.8. The maximum Gasteiger partial charge on any atom is 0.228 e. The molecule has 7 nitrogen and oxygen atoms in total. The molecule has 0 saturated carbocycles. The van der Waals surface area contributed by atoms with Gasteiger partial charge >= 0.3 is 0 Å². The van der Waals surface area contributed by atoms with E-state index in [1.807, 2.05) is 12.1 Å². The first-order valence-corrected chi connectivity index (χ1v) is 9.45. The number of carbonyl (C=O) groups excluding carboxylic acids is 1. The van der Waals surface area contributed by atoms with Crippen LogP contribution < -0.4 is 15.1 Å². The monoisotopic (exact) mass is 392 g/mol. The van der Waals surface area contributed by atoms with Crippen molar-refractivity contribution >= 4 is 23.4 Å². The zero-order valence-corrected chi connectivity index (χ0v) is 15.8. The summed E-state index contributed by atoms with van der Waals surface area (Å²) in [7, 11) is 0. The predicted octanol–water partition coefficient (Wildman–Crippen LogP) is 2.52. The van der Waals surface area contributed by atoms with Crippen molar-refractivity contribution in [1.82, 2.24) is 15.0 Å². The van der Waals surface area contributed by atoms with Gasteiger partial charge in [-0.05, 0) is 29.8 Å². The van der Waals surface area contributed by atoms with Gasteiger partial charge in [0.1, 0.15) is 11.6 Å². The summed E-state index contributed by atoms with van der Waals surface area (Å²) >= 11 is 0. The van der Waals surface area contributed by atoms with Crippen molar-refractivity contribution in [3.63, 3.8) is 0 Å². The number of benzene rings is 1.